The van der Waals surface area contributed by atoms with Crippen LogP contribution in [-0.4, -0.2) is 75.0 Å². The number of carbonyl (C=O) groups excluding carboxylic acids is 1. The van der Waals surface area contributed by atoms with Crippen LogP contribution in [0.25, 0.3) is 10.9 Å². The van der Waals surface area contributed by atoms with Crippen molar-refractivity contribution >= 4 is 52.6 Å². The molecular formula is C28H32FN6O7PS. The maximum atomic E-state index is 13.4. The van der Waals surface area contributed by atoms with Gasteiger partial charge in [0.05, 0.1) is 31.8 Å². The van der Waals surface area contributed by atoms with Gasteiger partial charge in [0.1, 0.15) is 18.0 Å². The van der Waals surface area contributed by atoms with Crippen molar-refractivity contribution in [2.75, 3.05) is 44.0 Å². The normalized spacial score (nSPS) is 15.7. The molecule has 2 aromatic heterocycles. The summed E-state index contributed by atoms with van der Waals surface area (Å²) in [6.07, 6.45) is 4.72. The van der Waals surface area contributed by atoms with Crippen LogP contribution >= 0.6 is 19.2 Å². The van der Waals surface area contributed by atoms with Gasteiger partial charge in [0.2, 0.25) is 5.91 Å². The number of nitrogens with zero attached hydrogens (tertiary/aromatic N) is 4. The number of thiazole rings is 1. The number of phosphoric ester groups is 1. The number of hydrogen-bond donors (Lipinski definition) is 4. The quantitative estimate of drug-likeness (QED) is 0.119. The summed E-state index contributed by atoms with van der Waals surface area (Å²) in [7, 11) is -2.97. The lowest BCUT2D eigenvalue weighted by Crippen LogP contribution is -2.40. The maximum Gasteiger partial charge on any atom is 0.469 e. The first-order valence-corrected chi connectivity index (χ1v) is 16.2. The molecule has 1 amide bonds. The number of hydrogen-bond acceptors (Lipinski definition) is 11. The summed E-state index contributed by atoms with van der Waals surface area (Å²) >= 11 is 1.30. The second kappa shape index (κ2) is 14.4. The van der Waals surface area contributed by atoms with Crippen LogP contribution in [0.2, 0.25) is 0 Å². The average Bonchev–Trinajstić information content (AvgIpc) is 3.40. The molecule has 1 saturated heterocycles. The highest BCUT2D eigenvalue weighted by atomic mass is 32.1. The molecule has 3 heterocycles. The van der Waals surface area contributed by atoms with Crippen LogP contribution in [0.4, 0.5) is 21.0 Å². The van der Waals surface area contributed by atoms with Crippen LogP contribution in [0.3, 0.4) is 0 Å². The third-order valence-electron chi connectivity index (χ3n) is 6.77. The van der Waals surface area contributed by atoms with Gasteiger partial charge in [-0.3, -0.25) is 9.32 Å². The Bertz CT molecular complexity index is 1650. The highest BCUT2D eigenvalue weighted by molar-refractivity contribution is 7.46. The standard InChI is InChI=1S/C28H32FN6O7PS/c1-40-24-13-22-23(14-25(24)41-10-4-9-35-8-3-7-20(16-35)42-43(37,38)39)31-17-32-27(22)34-28-30-15-21(44-28)12-26(36)33-19-6-2-5-18(29)11-19/h2,5-6,11,13-15,17,20H,3-4,7-10,12,16H2,1H3,(H,33,36)(H2,37,38,39)(H,30,31,32,34). The van der Waals surface area contributed by atoms with Crippen molar-refractivity contribution < 1.29 is 37.5 Å². The molecule has 0 spiro atoms. The van der Waals surface area contributed by atoms with Crippen molar-refractivity contribution in [3.8, 4) is 11.5 Å². The number of carbonyl (C=O) groups is 1. The lowest BCUT2D eigenvalue weighted by Gasteiger charge is -2.32. The fourth-order valence-electron chi connectivity index (χ4n) is 4.88. The van der Waals surface area contributed by atoms with E-state index < -0.39 is 19.7 Å². The van der Waals surface area contributed by atoms with Crippen LogP contribution < -0.4 is 20.1 Å². The summed E-state index contributed by atoms with van der Waals surface area (Å²) in [5, 5.41) is 7.08. The molecule has 1 fully saturated rings. The average molecular weight is 647 g/mol. The van der Waals surface area contributed by atoms with E-state index in [2.05, 4.69) is 30.5 Å². The zero-order valence-corrected chi connectivity index (χ0v) is 25.5. The summed E-state index contributed by atoms with van der Waals surface area (Å²) < 4.78 is 41.0. The topological polar surface area (TPSA) is 168 Å². The van der Waals surface area contributed by atoms with E-state index in [4.69, 9.17) is 23.8 Å². The van der Waals surface area contributed by atoms with E-state index in [-0.39, 0.29) is 12.3 Å². The van der Waals surface area contributed by atoms with Gasteiger partial charge in [-0.05, 0) is 50.1 Å². The molecule has 4 N–H and O–H groups in total. The number of phosphoric acid groups is 1. The number of fused-ring (bicyclic) bond motifs is 1. The number of methoxy groups -OCH3 is 1. The molecule has 234 valence electrons. The van der Waals surface area contributed by atoms with Gasteiger partial charge in [0.25, 0.3) is 0 Å². The highest BCUT2D eigenvalue weighted by Gasteiger charge is 2.27. The summed E-state index contributed by atoms with van der Waals surface area (Å²) in [5.41, 5.74) is 1.01. The molecule has 1 unspecified atom stereocenters. The minimum absolute atomic E-state index is 0.0778. The Kier molecular flexibility index (Phi) is 10.4. The Morgan fingerprint density at radius 1 is 1.20 bits per heavy atom. The predicted octanol–water partition coefficient (Wildman–Crippen LogP) is 4.50. The fraction of sp³-hybridized carbons (Fsp3) is 0.357. The zero-order chi connectivity index (χ0) is 31.1. The summed E-state index contributed by atoms with van der Waals surface area (Å²) in [4.78, 5) is 46.5. The first kappa shape index (κ1) is 31.7. The molecule has 13 nitrogen and oxygen atoms in total. The van der Waals surface area contributed by atoms with Gasteiger partial charge in [-0.2, -0.15) is 0 Å². The molecule has 1 atom stereocenters. The van der Waals surface area contributed by atoms with Crippen LogP contribution in [-0.2, 0) is 20.3 Å². The number of likely N-dealkylation sites (tertiary alicyclic amines) is 1. The van der Waals surface area contributed by atoms with Crippen LogP contribution in [0.15, 0.2) is 48.9 Å². The van der Waals surface area contributed by atoms with Crippen molar-refractivity contribution in [1.29, 1.82) is 0 Å². The van der Waals surface area contributed by atoms with Gasteiger partial charge in [-0.15, -0.1) is 11.3 Å². The van der Waals surface area contributed by atoms with Gasteiger partial charge >= 0.3 is 7.82 Å². The molecule has 5 rings (SSSR count). The van der Waals surface area contributed by atoms with Gasteiger partial charge in [-0.25, -0.2) is 23.9 Å². The molecule has 0 aliphatic carbocycles. The van der Waals surface area contributed by atoms with Crippen LogP contribution in [0.1, 0.15) is 24.1 Å². The third-order valence-corrected chi connectivity index (χ3v) is 8.25. The Morgan fingerprint density at radius 3 is 2.86 bits per heavy atom. The van der Waals surface area contributed by atoms with E-state index in [0.717, 1.165) is 13.0 Å². The van der Waals surface area contributed by atoms with E-state index in [1.807, 2.05) is 0 Å². The number of ether oxygens (including phenoxy) is 2. The lowest BCUT2D eigenvalue weighted by atomic mass is 10.1. The number of nitrogens with one attached hydrogen (secondary N) is 2. The largest absolute Gasteiger partial charge is 0.493 e. The van der Waals surface area contributed by atoms with Crippen LogP contribution in [0, 0.1) is 5.82 Å². The van der Waals surface area contributed by atoms with Crippen molar-refractivity contribution in [2.45, 2.75) is 31.8 Å². The maximum absolute atomic E-state index is 13.4. The summed E-state index contributed by atoms with van der Waals surface area (Å²) in [6, 6.07) is 9.26. The van der Waals surface area contributed by atoms with E-state index in [1.165, 1.54) is 35.9 Å². The number of benzene rings is 2. The fourth-order valence-corrected chi connectivity index (χ4v) is 6.25. The monoisotopic (exact) mass is 646 g/mol. The molecule has 4 aromatic rings. The van der Waals surface area contributed by atoms with E-state index in [9.17, 15) is 13.8 Å². The zero-order valence-electron chi connectivity index (χ0n) is 23.8. The number of piperidine rings is 1. The first-order valence-electron chi connectivity index (χ1n) is 13.8. The van der Waals surface area contributed by atoms with Gasteiger partial charge in [0, 0.05) is 41.3 Å². The molecule has 44 heavy (non-hydrogen) atoms. The van der Waals surface area contributed by atoms with Crippen molar-refractivity contribution in [2.24, 2.45) is 0 Å². The third kappa shape index (κ3) is 8.91. The molecule has 0 radical (unpaired) electrons. The van der Waals surface area contributed by atoms with Gasteiger partial charge in [-0.1, -0.05) is 6.07 Å². The second-order valence-electron chi connectivity index (χ2n) is 10.1. The Hall–Kier alpha value is -3.72. The van der Waals surface area contributed by atoms with Crippen LogP contribution in [0.5, 0.6) is 11.5 Å². The molecule has 1 aliphatic rings. The molecule has 2 aromatic carbocycles. The van der Waals surface area contributed by atoms with Gasteiger partial charge in [0.15, 0.2) is 16.6 Å². The number of halogens is 1. The van der Waals surface area contributed by atoms with Crippen molar-refractivity contribution in [3.05, 3.63) is 59.6 Å². The smallest absolute Gasteiger partial charge is 0.469 e. The van der Waals surface area contributed by atoms with E-state index >= 15 is 0 Å². The van der Waals surface area contributed by atoms with E-state index in [1.54, 1.807) is 31.5 Å². The predicted molar refractivity (Wildman–Crippen MR) is 163 cm³/mol. The Labute approximate surface area is 256 Å². The molecule has 1 aliphatic heterocycles. The van der Waals surface area contributed by atoms with Gasteiger partial charge < -0.3 is 34.8 Å². The lowest BCUT2D eigenvalue weighted by molar-refractivity contribution is -0.115. The number of aromatic nitrogens is 3. The van der Waals surface area contributed by atoms with Crippen molar-refractivity contribution in [1.82, 2.24) is 19.9 Å². The van der Waals surface area contributed by atoms with E-state index in [0.29, 0.717) is 76.5 Å². The molecular weight excluding hydrogens is 614 g/mol. The number of rotatable bonds is 13. The Balaban J connectivity index is 1.18. The summed E-state index contributed by atoms with van der Waals surface area (Å²) in [5.74, 6) is 0.803. The number of anilines is 3. The molecule has 0 saturated carbocycles. The number of amides is 1. The Morgan fingerprint density at radius 2 is 2.07 bits per heavy atom. The summed E-state index contributed by atoms with van der Waals surface area (Å²) in [6.45, 7) is 2.37. The SMILES string of the molecule is COc1cc2c(Nc3ncc(CC(=O)Nc4cccc(F)c4)s3)ncnc2cc1OCCCN1CCCC(OP(=O)(O)O)C1. The first-order chi connectivity index (χ1) is 21.1. The minimum Gasteiger partial charge on any atom is -0.493 e. The highest BCUT2D eigenvalue weighted by Crippen LogP contribution is 2.39. The molecule has 16 heteroatoms. The second-order valence-corrected chi connectivity index (χ2v) is 12.4. The minimum atomic E-state index is -4.51. The molecule has 0 bridgehead atoms. The van der Waals surface area contributed by atoms with Crippen molar-refractivity contribution in [3.63, 3.8) is 0 Å².